The highest BCUT2D eigenvalue weighted by Crippen LogP contribution is 2.41. The molecule has 3 aromatic rings. The number of carbonyl (C=O) groups excluding carboxylic acids is 2. The molecule has 0 fully saturated rings. The average Bonchev–Trinajstić information content (AvgIpc) is 3.18. The molecule has 1 amide bonds. The van der Waals surface area contributed by atoms with Gasteiger partial charge < -0.3 is 9.47 Å². The second kappa shape index (κ2) is 8.27. The maximum Gasteiger partial charge on any atom is 0.245 e. The molecule has 0 aliphatic carbocycles. The van der Waals surface area contributed by atoms with Gasteiger partial charge in [0, 0.05) is 25.0 Å². The Morgan fingerprint density at radius 1 is 0.903 bits per heavy atom. The highest BCUT2D eigenvalue weighted by molar-refractivity contribution is 8.14. The van der Waals surface area contributed by atoms with Gasteiger partial charge in [-0.1, -0.05) is 30.3 Å². The fourth-order valence-corrected chi connectivity index (χ4v) is 4.33. The largest absolute Gasteiger partial charge is 0.493 e. The maximum atomic E-state index is 12.6. The number of benzene rings is 2. The van der Waals surface area contributed by atoms with Crippen LogP contribution in [0.4, 0.5) is 5.82 Å². The van der Waals surface area contributed by atoms with E-state index in [2.05, 4.69) is 10.1 Å². The number of imidazole rings is 1. The Morgan fingerprint density at radius 2 is 1.61 bits per heavy atom. The minimum Gasteiger partial charge on any atom is -0.493 e. The zero-order valence-corrected chi connectivity index (χ0v) is 18.3. The topological polar surface area (TPSA) is 86.0 Å². The van der Waals surface area contributed by atoms with E-state index in [1.165, 1.54) is 35.2 Å². The van der Waals surface area contributed by atoms with E-state index in [1.54, 1.807) is 26.4 Å². The molecule has 2 heterocycles. The van der Waals surface area contributed by atoms with Crippen molar-refractivity contribution < 1.29 is 19.1 Å². The van der Waals surface area contributed by atoms with Crippen molar-refractivity contribution in [2.45, 2.75) is 18.9 Å². The third-order valence-electron chi connectivity index (χ3n) is 4.68. The summed E-state index contributed by atoms with van der Waals surface area (Å²) < 4.78 is 12.2. The first-order chi connectivity index (χ1) is 14.9. The van der Waals surface area contributed by atoms with Gasteiger partial charge in [-0.15, -0.1) is 0 Å². The molecule has 0 atom stereocenters. The van der Waals surface area contributed by atoms with Crippen LogP contribution >= 0.6 is 11.8 Å². The predicted molar refractivity (Wildman–Crippen MR) is 119 cm³/mol. The first-order valence-corrected chi connectivity index (χ1v) is 10.2. The van der Waals surface area contributed by atoms with Crippen LogP contribution in [0.2, 0.25) is 0 Å². The lowest BCUT2D eigenvalue weighted by atomic mass is 10.2. The van der Waals surface area contributed by atoms with E-state index in [0.717, 1.165) is 11.1 Å². The van der Waals surface area contributed by atoms with Crippen LogP contribution in [0.3, 0.4) is 0 Å². The Labute approximate surface area is 183 Å². The van der Waals surface area contributed by atoms with Gasteiger partial charge in [0.15, 0.2) is 17.3 Å². The number of amides is 1. The number of hydrazone groups is 1. The van der Waals surface area contributed by atoms with Crippen molar-refractivity contribution in [2.75, 3.05) is 19.2 Å². The lowest BCUT2D eigenvalue weighted by Crippen LogP contribution is -2.28. The van der Waals surface area contributed by atoms with Crippen LogP contribution in [0.25, 0.3) is 11.4 Å². The van der Waals surface area contributed by atoms with Gasteiger partial charge in [-0.25, -0.2) is 4.98 Å². The van der Waals surface area contributed by atoms with Crippen molar-refractivity contribution in [1.82, 2.24) is 9.55 Å². The Balaban J connectivity index is 1.87. The van der Waals surface area contributed by atoms with E-state index in [1.807, 2.05) is 36.4 Å². The number of anilines is 1. The van der Waals surface area contributed by atoms with Crippen molar-refractivity contribution in [3.63, 3.8) is 0 Å². The van der Waals surface area contributed by atoms with Crippen molar-refractivity contribution in [2.24, 2.45) is 5.10 Å². The first-order valence-electron chi connectivity index (χ1n) is 9.43. The lowest BCUT2D eigenvalue weighted by Gasteiger charge is -2.22. The summed E-state index contributed by atoms with van der Waals surface area (Å²) in [7, 11) is 3.11. The zero-order chi connectivity index (χ0) is 22.1. The summed E-state index contributed by atoms with van der Waals surface area (Å²) in [5.41, 5.74) is 1.49. The number of methoxy groups -OCH3 is 2. The third-order valence-corrected chi connectivity index (χ3v) is 5.75. The Bertz CT molecular complexity index is 1200. The van der Waals surface area contributed by atoms with Gasteiger partial charge in [0.25, 0.3) is 0 Å². The van der Waals surface area contributed by atoms with E-state index in [4.69, 9.17) is 9.47 Å². The van der Waals surface area contributed by atoms with Crippen LogP contribution < -0.4 is 14.5 Å². The Hall–Kier alpha value is -3.59. The molecule has 8 nitrogen and oxygen atoms in total. The van der Waals surface area contributed by atoms with Crippen LogP contribution in [0.1, 0.15) is 24.2 Å². The number of hydrogen-bond donors (Lipinski definition) is 0. The minimum absolute atomic E-state index is 0.211. The van der Waals surface area contributed by atoms with Crippen LogP contribution in [0.15, 0.2) is 58.7 Å². The highest BCUT2D eigenvalue weighted by atomic mass is 32.2. The summed E-state index contributed by atoms with van der Waals surface area (Å²) in [6, 6.07) is 14.7. The quantitative estimate of drug-likeness (QED) is 0.613. The second-order valence-corrected chi connectivity index (χ2v) is 7.67. The van der Waals surface area contributed by atoms with Crippen LogP contribution in [0.5, 0.6) is 11.5 Å². The molecule has 2 aromatic carbocycles. The molecule has 0 spiro atoms. The van der Waals surface area contributed by atoms with E-state index < -0.39 is 0 Å². The summed E-state index contributed by atoms with van der Waals surface area (Å²) in [5.74, 6) is 1.38. The standard InChI is InChI=1S/C22H20N4O4S/c1-13(27)25-19(15-8-6-5-7-9-15)23-20-22(25)31-21(24-26(20)14(2)28)16-10-11-17(29-3)18(12-16)30-4/h5-12H,1-4H3. The molecule has 9 heteroatoms. The number of nitrogens with zero attached hydrogens (tertiary/aromatic N) is 4. The molecule has 0 N–H and O–H groups in total. The number of ether oxygens (including phenoxy) is 2. The van der Waals surface area contributed by atoms with Gasteiger partial charge in [-0.05, 0) is 30.0 Å². The number of fused-ring (bicyclic) bond motifs is 1. The third kappa shape index (κ3) is 3.68. The van der Waals surface area contributed by atoms with Crippen LogP contribution in [-0.4, -0.2) is 40.6 Å². The van der Waals surface area contributed by atoms with Gasteiger partial charge >= 0.3 is 0 Å². The lowest BCUT2D eigenvalue weighted by molar-refractivity contribution is -0.116. The molecule has 158 valence electrons. The molecular formula is C22H20N4O4S. The van der Waals surface area contributed by atoms with Gasteiger partial charge in [0.2, 0.25) is 11.8 Å². The highest BCUT2D eigenvalue weighted by Gasteiger charge is 2.32. The molecule has 31 heavy (non-hydrogen) atoms. The average molecular weight is 436 g/mol. The molecular weight excluding hydrogens is 416 g/mol. The molecule has 4 rings (SSSR count). The van der Waals surface area contributed by atoms with E-state index in [9.17, 15) is 9.59 Å². The van der Waals surface area contributed by atoms with Crippen molar-refractivity contribution >= 4 is 34.4 Å². The molecule has 0 unspecified atom stereocenters. The van der Waals surface area contributed by atoms with E-state index in [-0.39, 0.29) is 11.8 Å². The normalized spacial score (nSPS) is 12.8. The van der Waals surface area contributed by atoms with E-state index in [0.29, 0.717) is 33.2 Å². The monoisotopic (exact) mass is 436 g/mol. The molecule has 1 aromatic heterocycles. The fourth-order valence-electron chi connectivity index (χ4n) is 3.25. The number of rotatable bonds is 4. The molecule has 0 saturated heterocycles. The summed E-state index contributed by atoms with van der Waals surface area (Å²) in [4.78, 5) is 29.6. The number of hydrogen-bond acceptors (Lipinski definition) is 7. The maximum absolute atomic E-state index is 12.6. The number of carbonyl (C=O) groups is 2. The smallest absolute Gasteiger partial charge is 0.245 e. The van der Waals surface area contributed by atoms with Gasteiger partial charge in [-0.2, -0.15) is 10.1 Å². The molecule has 0 radical (unpaired) electrons. The SMILES string of the molecule is COc1ccc(C2=NN(C(C)=O)c3nc(-c4ccccc4)n(C(C)=O)c3S2)cc1OC. The predicted octanol–water partition coefficient (Wildman–Crippen LogP) is 4.05. The van der Waals surface area contributed by atoms with Gasteiger partial charge in [0.05, 0.1) is 14.2 Å². The summed E-state index contributed by atoms with van der Waals surface area (Å²) in [6.07, 6.45) is 0. The van der Waals surface area contributed by atoms with Crippen LogP contribution in [0, 0.1) is 0 Å². The number of aromatic nitrogens is 2. The zero-order valence-electron chi connectivity index (χ0n) is 17.4. The Kier molecular flexibility index (Phi) is 5.51. The van der Waals surface area contributed by atoms with Crippen molar-refractivity contribution in [3.05, 3.63) is 54.1 Å². The summed E-state index contributed by atoms with van der Waals surface area (Å²) >= 11 is 1.27. The van der Waals surface area contributed by atoms with Crippen LogP contribution in [-0.2, 0) is 4.79 Å². The molecule has 0 bridgehead atoms. The summed E-state index contributed by atoms with van der Waals surface area (Å²) in [6.45, 7) is 2.87. The first kappa shape index (κ1) is 20.7. The molecule has 1 aliphatic rings. The van der Waals surface area contributed by atoms with Gasteiger partial charge in [-0.3, -0.25) is 14.2 Å². The minimum atomic E-state index is -0.313. The Morgan fingerprint density at radius 3 is 2.23 bits per heavy atom. The summed E-state index contributed by atoms with van der Waals surface area (Å²) in [5, 5.41) is 6.80. The molecule has 0 saturated carbocycles. The number of thioether (sulfide) groups is 1. The fraction of sp³-hybridized carbons (Fsp3) is 0.182. The second-order valence-electron chi connectivity index (χ2n) is 6.69. The van der Waals surface area contributed by atoms with Crippen molar-refractivity contribution in [1.29, 1.82) is 0 Å². The van der Waals surface area contributed by atoms with Crippen molar-refractivity contribution in [3.8, 4) is 22.9 Å². The molecule has 1 aliphatic heterocycles. The van der Waals surface area contributed by atoms with Gasteiger partial charge in [0.1, 0.15) is 15.9 Å². The van der Waals surface area contributed by atoms with E-state index >= 15 is 0 Å².